The van der Waals surface area contributed by atoms with Crippen LogP contribution in [0.1, 0.15) is 64.3 Å². The molecule has 0 radical (unpaired) electrons. The van der Waals surface area contributed by atoms with Gasteiger partial charge in [0.25, 0.3) is 11.8 Å². The van der Waals surface area contributed by atoms with Gasteiger partial charge in [0.05, 0.1) is 5.75 Å². The van der Waals surface area contributed by atoms with Gasteiger partial charge in [-0.2, -0.15) is 0 Å². The van der Waals surface area contributed by atoms with Gasteiger partial charge in [-0.05, 0) is 55.7 Å². The van der Waals surface area contributed by atoms with E-state index in [-0.39, 0.29) is 23.6 Å². The quantitative estimate of drug-likeness (QED) is 0.496. The Morgan fingerprint density at radius 3 is 2.69 bits per heavy atom. The molecule has 0 unspecified atom stereocenters. The van der Waals surface area contributed by atoms with E-state index in [1.54, 1.807) is 42.2 Å². The zero-order valence-corrected chi connectivity index (χ0v) is 19.2. The number of aromatic nitrogens is 2. The monoisotopic (exact) mass is 452 g/mol. The Labute approximate surface area is 192 Å². The van der Waals surface area contributed by atoms with Gasteiger partial charge in [-0.3, -0.25) is 9.59 Å². The third-order valence-electron chi connectivity index (χ3n) is 5.68. The van der Waals surface area contributed by atoms with Crippen molar-refractivity contribution in [2.24, 2.45) is 7.05 Å². The molecule has 4 rings (SSSR count). The first kappa shape index (κ1) is 22.2. The number of thioether (sulfide) groups is 1. The van der Waals surface area contributed by atoms with Crippen molar-refractivity contribution in [3.8, 4) is 0 Å². The molecule has 0 atom stereocenters. The summed E-state index contributed by atoms with van der Waals surface area (Å²) in [6.45, 7) is 1.88. The second kappa shape index (κ2) is 10.1. The van der Waals surface area contributed by atoms with E-state index >= 15 is 0 Å². The zero-order chi connectivity index (χ0) is 22.5. The molecule has 1 fully saturated rings. The number of aryl methyl sites for hydroxylation is 2. The first-order chi connectivity index (χ1) is 15.5. The summed E-state index contributed by atoms with van der Waals surface area (Å²) in [5.41, 5.74) is 2.09. The summed E-state index contributed by atoms with van der Waals surface area (Å²) in [6.07, 6.45) is 9.32. The first-order valence-electron chi connectivity index (χ1n) is 10.9. The van der Waals surface area contributed by atoms with E-state index in [0.717, 1.165) is 23.6 Å². The maximum atomic E-state index is 12.6. The number of furan rings is 1. The molecule has 0 saturated heterocycles. The Balaban J connectivity index is 1.34. The lowest BCUT2D eigenvalue weighted by atomic mass is 9.95. The topological polar surface area (TPSA) is 89.2 Å². The van der Waals surface area contributed by atoms with E-state index < -0.39 is 0 Å². The molecule has 2 N–H and O–H groups in total. The largest absolute Gasteiger partial charge is 0.455 e. The zero-order valence-electron chi connectivity index (χ0n) is 18.4. The molecule has 1 aliphatic rings. The van der Waals surface area contributed by atoms with Gasteiger partial charge in [0, 0.05) is 36.7 Å². The van der Waals surface area contributed by atoms with Crippen molar-refractivity contribution in [3.05, 3.63) is 65.4 Å². The van der Waals surface area contributed by atoms with Gasteiger partial charge >= 0.3 is 0 Å². The van der Waals surface area contributed by atoms with Crippen LogP contribution in [0.15, 0.2) is 52.3 Å². The van der Waals surface area contributed by atoms with Gasteiger partial charge in [-0.15, -0.1) is 0 Å². The van der Waals surface area contributed by atoms with Gasteiger partial charge in [0.2, 0.25) is 0 Å². The van der Waals surface area contributed by atoms with E-state index in [2.05, 4.69) is 15.6 Å². The normalized spacial score (nSPS) is 14.3. The number of nitrogens with one attached hydrogen (secondary N) is 2. The number of nitrogens with zero attached hydrogens (tertiary/aromatic N) is 2. The maximum Gasteiger partial charge on any atom is 0.291 e. The molecule has 0 bridgehead atoms. The van der Waals surface area contributed by atoms with Gasteiger partial charge in [0.15, 0.2) is 10.9 Å². The van der Waals surface area contributed by atoms with Crippen LogP contribution >= 0.6 is 11.8 Å². The molecule has 1 aromatic carbocycles. The molecule has 168 valence electrons. The van der Waals surface area contributed by atoms with Crippen LogP contribution in [0.25, 0.3) is 0 Å². The molecule has 1 aliphatic carbocycles. The first-order valence-corrected chi connectivity index (χ1v) is 11.9. The minimum absolute atomic E-state index is 0.0567. The van der Waals surface area contributed by atoms with Crippen LogP contribution in [0.5, 0.6) is 0 Å². The number of amides is 2. The summed E-state index contributed by atoms with van der Waals surface area (Å²) in [5.74, 6) is 1.16. The summed E-state index contributed by atoms with van der Waals surface area (Å²) >= 11 is 1.54. The second-order valence-corrected chi connectivity index (χ2v) is 9.11. The molecule has 0 spiro atoms. The Morgan fingerprint density at radius 2 is 1.97 bits per heavy atom. The molecular weight excluding hydrogens is 424 g/mol. The van der Waals surface area contributed by atoms with Gasteiger partial charge in [-0.1, -0.05) is 31.0 Å². The number of hydrogen-bond donors (Lipinski definition) is 2. The fraction of sp³-hybridized carbons (Fsp3) is 0.375. The van der Waals surface area contributed by atoms with Crippen LogP contribution in [-0.2, 0) is 12.8 Å². The molecule has 3 aromatic rings. The summed E-state index contributed by atoms with van der Waals surface area (Å²) < 4.78 is 7.64. The fourth-order valence-corrected chi connectivity index (χ4v) is 4.68. The van der Waals surface area contributed by atoms with Crippen LogP contribution in [0.4, 0.5) is 5.69 Å². The van der Waals surface area contributed by atoms with Gasteiger partial charge in [-0.25, -0.2) is 4.98 Å². The molecule has 2 aromatic heterocycles. The fourth-order valence-electron chi connectivity index (χ4n) is 3.85. The molecule has 2 amide bonds. The van der Waals surface area contributed by atoms with Crippen molar-refractivity contribution >= 4 is 29.3 Å². The Hall–Kier alpha value is -3.00. The van der Waals surface area contributed by atoms with Crippen LogP contribution < -0.4 is 10.6 Å². The minimum atomic E-state index is -0.319. The van der Waals surface area contributed by atoms with Crippen LogP contribution in [0.3, 0.4) is 0 Å². The maximum absolute atomic E-state index is 12.6. The third-order valence-corrected chi connectivity index (χ3v) is 6.76. The van der Waals surface area contributed by atoms with E-state index in [4.69, 9.17) is 4.42 Å². The van der Waals surface area contributed by atoms with Crippen molar-refractivity contribution in [1.29, 1.82) is 0 Å². The number of carbonyl (C=O) groups excluding carboxylic acids is 2. The molecule has 7 nitrogen and oxygen atoms in total. The predicted octanol–water partition coefficient (Wildman–Crippen LogP) is 4.93. The highest BCUT2D eigenvalue weighted by molar-refractivity contribution is 7.98. The summed E-state index contributed by atoms with van der Waals surface area (Å²) in [7, 11) is 1.93. The third kappa shape index (κ3) is 5.43. The van der Waals surface area contributed by atoms with Crippen LogP contribution in [0.2, 0.25) is 0 Å². The average Bonchev–Trinajstić information content (AvgIpc) is 3.43. The molecule has 0 aliphatic heterocycles. The lowest BCUT2D eigenvalue weighted by Crippen LogP contribution is -2.36. The number of rotatable bonds is 7. The Kier molecular flexibility index (Phi) is 6.99. The summed E-state index contributed by atoms with van der Waals surface area (Å²) in [6, 6.07) is 9.06. The molecule has 8 heteroatoms. The second-order valence-electron chi connectivity index (χ2n) is 8.17. The highest BCUT2D eigenvalue weighted by atomic mass is 32.2. The smallest absolute Gasteiger partial charge is 0.291 e. The number of carbonyl (C=O) groups is 2. The Morgan fingerprint density at radius 1 is 1.16 bits per heavy atom. The standard InChI is InChI=1S/C24H28N4O3S/c1-16-14-17(22(29)26-18-6-4-3-5-7-18)8-10-20(16)27-23(30)21-11-9-19(31-21)15-32-24-25-12-13-28(24)2/h8-14,18H,3-7,15H2,1-2H3,(H,26,29)(H,27,30). The summed E-state index contributed by atoms with van der Waals surface area (Å²) in [5, 5.41) is 6.89. The number of imidazole rings is 1. The number of hydrogen-bond acceptors (Lipinski definition) is 5. The summed E-state index contributed by atoms with van der Waals surface area (Å²) in [4.78, 5) is 29.5. The number of anilines is 1. The van der Waals surface area contributed by atoms with Crippen molar-refractivity contribution in [3.63, 3.8) is 0 Å². The lowest BCUT2D eigenvalue weighted by Gasteiger charge is -2.23. The van der Waals surface area contributed by atoms with Gasteiger partial charge in [0.1, 0.15) is 5.76 Å². The highest BCUT2D eigenvalue weighted by Crippen LogP contribution is 2.23. The van der Waals surface area contributed by atoms with Crippen molar-refractivity contribution < 1.29 is 14.0 Å². The van der Waals surface area contributed by atoms with E-state index in [9.17, 15) is 9.59 Å². The SMILES string of the molecule is Cc1cc(C(=O)NC2CCCCC2)ccc1NC(=O)c1ccc(CSc2nccn2C)o1. The van der Waals surface area contributed by atoms with Crippen molar-refractivity contribution in [1.82, 2.24) is 14.9 Å². The predicted molar refractivity (Wildman–Crippen MR) is 125 cm³/mol. The Bertz CT molecular complexity index is 1100. The van der Waals surface area contributed by atoms with Crippen LogP contribution in [0, 0.1) is 6.92 Å². The molecular formula is C24H28N4O3S. The molecule has 2 heterocycles. The van der Waals surface area contributed by atoms with Crippen molar-refractivity contribution in [2.45, 2.75) is 56.0 Å². The minimum Gasteiger partial charge on any atom is -0.455 e. The van der Waals surface area contributed by atoms with Crippen LogP contribution in [-0.4, -0.2) is 27.4 Å². The highest BCUT2D eigenvalue weighted by Gasteiger charge is 2.18. The average molecular weight is 453 g/mol. The molecule has 1 saturated carbocycles. The van der Waals surface area contributed by atoms with Crippen molar-refractivity contribution in [2.75, 3.05) is 5.32 Å². The number of benzene rings is 1. The van der Waals surface area contributed by atoms with Gasteiger partial charge < -0.3 is 19.6 Å². The van der Waals surface area contributed by atoms with E-state index in [0.29, 0.717) is 22.8 Å². The van der Waals surface area contributed by atoms with E-state index in [1.807, 2.05) is 30.8 Å². The van der Waals surface area contributed by atoms with E-state index in [1.165, 1.54) is 19.3 Å². The lowest BCUT2D eigenvalue weighted by molar-refractivity contribution is 0.0927. The molecule has 32 heavy (non-hydrogen) atoms.